The highest BCUT2D eigenvalue weighted by Gasteiger charge is 2.11. The third-order valence-corrected chi connectivity index (χ3v) is 1.92. The summed E-state index contributed by atoms with van der Waals surface area (Å²) < 4.78 is 0. The number of carbonyl (C=O) groups is 1. The number of nitrogens with zero attached hydrogens (tertiary/aromatic N) is 1. The quantitative estimate of drug-likeness (QED) is 0.667. The number of carboxylic acids is 1. The van der Waals surface area contributed by atoms with Crippen molar-refractivity contribution in [3.8, 4) is 0 Å². The van der Waals surface area contributed by atoms with Gasteiger partial charge in [-0.2, -0.15) is 4.98 Å². The van der Waals surface area contributed by atoms with E-state index < -0.39 is 11.7 Å². The number of nitrogens with one attached hydrogen (secondary N) is 2. The van der Waals surface area contributed by atoms with E-state index in [-0.39, 0.29) is 23.0 Å². The minimum atomic E-state index is -1.07. The smallest absolute Gasteiger partial charge is 0.347 e. The van der Waals surface area contributed by atoms with Crippen molar-refractivity contribution in [2.45, 2.75) is 6.42 Å². The molecule has 0 aliphatic carbocycles. The Morgan fingerprint density at radius 1 is 1.71 bits per heavy atom. The summed E-state index contributed by atoms with van der Waals surface area (Å²) in [5.41, 5.74) is -0.487. The van der Waals surface area contributed by atoms with Crippen molar-refractivity contribution in [1.82, 2.24) is 9.97 Å². The molecule has 1 aromatic heterocycles. The number of H-pyrrole nitrogens is 1. The van der Waals surface area contributed by atoms with Gasteiger partial charge in [0.25, 0.3) is 0 Å². The molecule has 0 atom stereocenters. The minimum Gasteiger partial charge on any atom is -0.481 e. The van der Waals surface area contributed by atoms with Gasteiger partial charge < -0.3 is 15.4 Å². The topological polar surface area (TPSA) is 95.1 Å². The Hall–Kier alpha value is -1.56. The number of aromatic amines is 1. The fourth-order valence-corrected chi connectivity index (χ4v) is 1.19. The Morgan fingerprint density at radius 3 is 2.86 bits per heavy atom. The zero-order valence-corrected chi connectivity index (χ0v) is 8.05. The summed E-state index contributed by atoms with van der Waals surface area (Å²) in [4.78, 5) is 27.1. The Bertz CT molecular complexity index is 415. The molecule has 0 unspecified atom stereocenters. The highest BCUT2D eigenvalue weighted by Crippen LogP contribution is 2.20. The number of hydrogen-bond donors (Lipinski definition) is 3. The first kappa shape index (κ1) is 10.5. The van der Waals surface area contributed by atoms with Crippen LogP contribution >= 0.6 is 11.6 Å². The summed E-state index contributed by atoms with van der Waals surface area (Å²) in [6.07, 6.45) is -0.342. The average molecular weight is 218 g/mol. The van der Waals surface area contributed by atoms with E-state index in [0.29, 0.717) is 0 Å². The van der Waals surface area contributed by atoms with Crippen LogP contribution in [0.2, 0.25) is 5.02 Å². The number of halogens is 1. The number of rotatable bonds is 3. The van der Waals surface area contributed by atoms with E-state index >= 15 is 0 Å². The summed E-state index contributed by atoms with van der Waals surface area (Å²) in [7, 11) is 1.54. The number of anilines is 1. The molecule has 0 spiro atoms. The van der Waals surface area contributed by atoms with Crippen molar-refractivity contribution in [1.29, 1.82) is 0 Å². The SMILES string of the molecule is CNc1nc(=O)[nH]c(CC(=O)O)c1Cl. The third kappa shape index (κ3) is 2.23. The molecule has 0 aliphatic heterocycles. The zero-order chi connectivity index (χ0) is 10.7. The molecule has 1 heterocycles. The predicted molar refractivity (Wildman–Crippen MR) is 50.8 cm³/mol. The molecule has 0 amide bonds. The average Bonchev–Trinajstić information content (AvgIpc) is 2.09. The maximum absolute atomic E-state index is 10.9. The van der Waals surface area contributed by atoms with Crippen LogP contribution in [0.3, 0.4) is 0 Å². The van der Waals surface area contributed by atoms with Gasteiger partial charge in [-0.3, -0.25) is 4.79 Å². The number of hydrogen-bond acceptors (Lipinski definition) is 4. The maximum Gasteiger partial charge on any atom is 0.347 e. The first-order valence-corrected chi connectivity index (χ1v) is 4.10. The molecule has 0 aliphatic rings. The van der Waals surface area contributed by atoms with Crippen molar-refractivity contribution >= 4 is 23.4 Å². The molecule has 3 N–H and O–H groups in total. The van der Waals surface area contributed by atoms with Crippen molar-refractivity contribution in [3.63, 3.8) is 0 Å². The molecule has 0 saturated carbocycles. The van der Waals surface area contributed by atoms with Gasteiger partial charge in [0.15, 0.2) is 5.82 Å². The predicted octanol–water partition coefficient (Wildman–Crippen LogP) is 0.0921. The third-order valence-electron chi connectivity index (χ3n) is 1.51. The van der Waals surface area contributed by atoms with Crippen LogP contribution in [0.4, 0.5) is 5.82 Å². The molecular formula is C7H8ClN3O3. The second-order valence-corrected chi connectivity index (χ2v) is 2.88. The van der Waals surface area contributed by atoms with Gasteiger partial charge in [-0.15, -0.1) is 0 Å². The molecule has 7 heteroatoms. The van der Waals surface area contributed by atoms with Gasteiger partial charge in [-0.1, -0.05) is 11.6 Å². The van der Waals surface area contributed by atoms with E-state index in [2.05, 4.69) is 15.3 Å². The molecule has 0 aromatic carbocycles. The molecule has 0 radical (unpaired) electrons. The van der Waals surface area contributed by atoms with Gasteiger partial charge >= 0.3 is 11.7 Å². The largest absolute Gasteiger partial charge is 0.481 e. The Labute approximate surface area is 83.9 Å². The van der Waals surface area contributed by atoms with Crippen LogP contribution in [0, 0.1) is 0 Å². The Balaban J connectivity index is 3.22. The minimum absolute atomic E-state index is 0.120. The molecule has 0 saturated heterocycles. The lowest BCUT2D eigenvalue weighted by atomic mass is 10.3. The lowest BCUT2D eigenvalue weighted by molar-refractivity contribution is -0.136. The van der Waals surface area contributed by atoms with Crippen LogP contribution in [-0.4, -0.2) is 28.1 Å². The first-order valence-electron chi connectivity index (χ1n) is 3.73. The fraction of sp³-hybridized carbons (Fsp3) is 0.286. The van der Waals surface area contributed by atoms with Gasteiger partial charge in [-0.05, 0) is 0 Å². The fourth-order valence-electron chi connectivity index (χ4n) is 0.944. The summed E-state index contributed by atoms with van der Waals surface area (Å²) >= 11 is 5.77. The molecule has 14 heavy (non-hydrogen) atoms. The highest BCUT2D eigenvalue weighted by atomic mass is 35.5. The van der Waals surface area contributed by atoms with Crippen LogP contribution in [0.15, 0.2) is 4.79 Å². The van der Waals surface area contributed by atoms with E-state index in [4.69, 9.17) is 16.7 Å². The summed E-state index contributed by atoms with van der Waals surface area (Å²) in [5, 5.41) is 11.2. The molecule has 0 bridgehead atoms. The van der Waals surface area contributed by atoms with Gasteiger partial charge in [0.05, 0.1) is 12.1 Å². The maximum atomic E-state index is 10.9. The van der Waals surface area contributed by atoms with Crippen LogP contribution in [0.25, 0.3) is 0 Å². The second-order valence-electron chi connectivity index (χ2n) is 2.50. The van der Waals surface area contributed by atoms with Crippen molar-refractivity contribution in [2.75, 3.05) is 12.4 Å². The number of aromatic nitrogens is 2. The van der Waals surface area contributed by atoms with Crippen LogP contribution in [-0.2, 0) is 11.2 Å². The standard InChI is InChI=1S/C7H8ClN3O3/c1-9-6-5(8)3(2-4(12)13)10-7(14)11-6/h2H2,1H3,(H,12,13)(H2,9,10,11,14). The van der Waals surface area contributed by atoms with E-state index in [9.17, 15) is 9.59 Å². The van der Waals surface area contributed by atoms with Gasteiger partial charge in [0.2, 0.25) is 0 Å². The highest BCUT2D eigenvalue weighted by molar-refractivity contribution is 6.33. The van der Waals surface area contributed by atoms with Gasteiger partial charge in [-0.25, -0.2) is 4.79 Å². The summed E-state index contributed by atoms with van der Waals surface area (Å²) in [5.74, 6) is -0.900. The molecule has 1 rings (SSSR count). The summed E-state index contributed by atoms with van der Waals surface area (Å²) in [6, 6.07) is 0. The Kier molecular flexibility index (Phi) is 3.08. The van der Waals surface area contributed by atoms with Gasteiger partial charge in [0.1, 0.15) is 5.02 Å². The Morgan fingerprint density at radius 2 is 2.36 bits per heavy atom. The molecule has 1 aromatic rings. The van der Waals surface area contributed by atoms with Crippen molar-refractivity contribution in [2.24, 2.45) is 0 Å². The second kappa shape index (κ2) is 4.10. The zero-order valence-electron chi connectivity index (χ0n) is 7.30. The molecule has 0 fully saturated rings. The molecule has 6 nitrogen and oxygen atoms in total. The summed E-state index contributed by atoms with van der Waals surface area (Å²) in [6.45, 7) is 0. The van der Waals surface area contributed by atoms with E-state index in [1.54, 1.807) is 0 Å². The van der Waals surface area contributed by atoms with E-state index in [1.807, 2.05) is 0 Å². The first-order chi connectivity index (χ1) is 6.54. The normalized spacial score (nSPS) is 9.86. The van der Waals surface area contributed by atoms with E-state index in [0.717, 1.165) is 0 Å². The van der Waals surface area contributed by atoms with Crippen LogP contribution in [0.5, 0.6) is 0 Å². The van der Waals surface area contributed by atoms with Crippen molar-refractivity contribution in [3.05, 3.63) is 21.2 Å². The lowest BCUT2D eigenvalue weighted by Crippen LogP contribution is -2.17. The van der Waals surface area contributed by atoms with Crippen molar-refractivity contribution < 1.29 is 9.90 Å². The monoisotopic (exact) mass is 217 g/mol. The van der Waals surface area contributed by atoms with Gasteiger partial charge in [0, 0.05) is 7.05 Å². The molecule has 76 valence electrons. The number of carboxylic acid groups (broad SMARTS) is 1. The molecular weight excluding hydrogens is 210 g/mol. The lowest BCUT2D eigenvalue weighted by Gasteiger charge is -2.05. The van der Waals surface area contributed by atoms with Crippen LogP contribution < -0.4 is 11.0 Å². The number of aliphatic carboxylic acids is 1. The van der Waals surface area contributed by atoms with Crippen LogP contribution in [0.1, 0.15) is 5.69 Å². The van der Waals surface area contributed by atoms with E-state index in [1.165, 1.54) is 7.05 Å².